The van der Waals surface area contributed by atoms with Crippen LogP contribution in [0.2, 0.25) is 0 Å². The molecule has 1 aliphatic heterocycles. The smallest absolute Gasteiger partial charge is 0.270 e. The van der Waals surface area contributed by atoms with E-state index < -0.39 is 0 Å². The molecule has 2 rings (SSSR count). The lowest BCUT2D eigenvalue weighted by molar-refractivity contribution is 0.0737. The van der Waals surface area contributed by atoms with E-state index >= 15 is 0 Å². The van der Waals surface area contributed by atoms with Gasteiger partial charge in [-0.15, -0.1) is 0 Å². The monoisotopic (exact) mass is 330 g/mol. The first-order valence-corrected chi connectivity index (χ1v) is 8.00. The molecule has 1 saturated heterocycles. The summed E-state index contributed by atoms with van der Waals surface area (Å²) in [6.45, 7) is 8.94. The highest BCUT2D eigenvalue weighted by atomic mass is 79.9. The van der Waals surface area contributed by atoms with E-state index in [4.69, 9.17) is 0 Å². The lowest BCUT2D eigenvalue weighted by Gasteiger charge is -2.37. The molecule has 1 aliphatic rings. The van der Waals surface area contributed by atoms with E-state index in [9.17, 15) is 4.79 Å². The van der Waals surface area contributed by atoms with Crippen molar-refractivity contribution in [3.63, 3.8) is 0 Å². The maximum Gasteiger partial charge on any atom is 0.270 e. The Bertz CT molecular complexity index is 456. The maximum absolute atomic E-state index is 12.6. The van der Waals surface area contributed by atoms with Gasteiger partial charge in [0.2, 0.25) is 0 Å². The second kappa shape index (κ2) is 5.29. The fourth-order valence-electron chi connectivity index (χ4n) is 2.27. The summed E-state index contributed by atoms with van der Waals surface area (Å²) < 4.78 is 3.13. The summed E-state index contributed by atoms with van der Waals surface area (Å²) >= 11 is 5.38. The van der Waals surface area contributed by atoms with Crippen LogP contribution in [0.5, 0.6) is 0 Å². The van der Waals surface area contributed by atoms with Gasteiger partial charge in [-0.3, -0.25) is 4.79 Å². The van der Waals surface area contributed by atoms with Gasteiger partial charge in [-0.2, -0.15) is 11.8 Å². The highest BCUT2D eigenvalue weighted by Gasteiger charge is 2.31. The van der Waals surface area contributed by atoms with Crippen LogP contribution in [0.3, 0.4) is 0 Å². The topological polar surface area (TPSA) is 25.2 Å². The van der Waals surface area contributed by atoms with E-state index in [1.165, 1.54) is 0 Å². The molecule has 1 aromatic heterocycles. The predicted molar refractivity (Wildman–Crippen MR) is 80.2 cm³/mol. The molecule has 5 heteroatoms. The van der Waals surface area contributed by atoms with Crippen molar-refractivity contribution in [2.45, 2.75) is 32.1 Å². The third kappa shape index (κ3) is 2.94. The number of amides is 1. The van der Waals surface area contributed by atoms with E-state index in [1.807, 2.05) is 33.5 Å². The van der Waals surface area contributed by atoms with Gasteiger partial charge in [0, 0.05) is 40.8 Å². The molecule has 1 fully saturated rings. The van der Waals surface area contributed by atoms with Crippen LogP contribution >= 0.6 is 27.7 Å². The van der Waals surface area contributed by atoms with E-state index in [0.717, 1.165) is 35.6 Å². The van der Waals surface area contributed by atoms with Crippen LogP contribution in [0, 0.1) is 0 Å². The first-order chi connectivity index (χ1) is 8.43. The van der Waals surface area contributed by atoms with Gasteiger partial charge < -0.3 is 9.47 Å². The lowest BCUT2D eigenvalue weighted by Crippen LogP contribution is -2.46. The van der Waals surface area contributed by atoms with E-state index in [1.54, 1.807) is 0 Å². The van der Waals surface area contributed by atoms with E-state index in [-0.39, 0.29) is 10.7 Å². The Labute approximate surface area is 121 Å². The average Bonchev–Trinajstić information content (AvgIpc) is 2.68. The molecule has 0 unspecified atom stereocenters. The SMILES string of the molecule is CCn1cc(Br)cc1C(=O)N1CCSC(C)(C)C1. The number of carbonyl (C=O) groups excluding carboxylic acids is 1. The Morgan fingerprint density at radius 2 is 2.28 bits per heavy atom. The number of nitrogens with zero attached hydrogens (tertiary/aromatic N) is 2. The largest absolute Gasteiger partial charge is 0.343 e. The van der Waals surface area contributed by atoms with Crippen LogP contribution in [0.15, 0.2) is 16.7 Å². The second-order valence-corrected chi connectivity index (χ2v) is 7.88. The van der Waals surface area contributed by atoms with Crippen molar-refractivity contribution in [1.29, 1.82) is 0 Å². The van der Waals surface area contributed by atoms with Crippen LogP contribution in [-0.4, -0.2) is 39.0 Å². The first-order valence-electron chi connectivity index (χ1n) is 6.22. The Morgan fingerprint density at radius 3 is 2.89 bits per heavy atom. The van der Waals surface area contributed by atoms with Gasteiger partial charge in [0.1, 0.15) is 5.69 Å². The summed E-state index contributed by atoms with van der Waals surface area (Å²) in [5, 5.41) is 0. The maximum atomic E-state index is 12.6. The van der Waals surface area contributed by atoms with Crippen LogP contribution in [0.4, 0.5) is 0 Å². The minimum absolute atomic E-state index is 0.149. The van der Waals surface area contributed by atoms with Gasteiger partial charge in [-0.1, -0.05) is 0 Å². The third-order valence-corrected chi connectivity index (χ3v) is 4.87. The molecule has 0 saturated carbocycles. The highest BCUT2D eigenvalue weighted by molar-refractivity contribution is 9.10. The highest BCUT2D eigenvalue weighted by Crippen LogP contribution is 2.30. The quantitative estimate of drug-likeness (QED) is 0.831. The molecule has 1 aromatic rings. The number of hydrogen-bond acceptors (Lipinski definition) is 2. The van der Waals surface area contributed by atoms with E-state index in [0.29, 0.717) is 0 Å². The summed E-state index contributed by atoms with van der Waals surface area (Å²) in [6.07, 6.45) is 1.97. The van der Waals surface area contributed by atoms with Crippen molar-refractivity contribution in [1.82, 2.24) is 9.47 Å². The molecular weight excluding hydrogens is 312 g/mol. The van der Waals surface area contributed by atoms with Crippen molar-refractivity contribution in [2.75, 3.05) is 18.8 Å². The zero-order valence-corrected chi connectivity index (χ0v) is 13.5. The zero-order chi connectivity index (χ0) is 13.3. The molecule has 18 heavy (non-hydrogen) atoms. The fourth-order valence-corrected chi connectivity index (χ4v) is 3.84. The van der Waals surface area contributed by atoms with Gasteiger partial charge in [0.25, 0.3) is 5.91 Å². The molecule has 0 spiro atoms. The molecular formula is C13H19BrN2OS. The second-order valence-electron chi connectivity index (χ2n) is 5.16. The molecule has 2 heterocycles. The number of aryl methyl sites for hydroxylation is 1. The Morgan fingerprint density at radius 1 is 1.56 bits per heavy atom. The van der Waals surface area contributed by atoms with Gasteiger partial charge >= 0.3 is 0 Å². The third-order valence-electron chi connectivity index (χ3n) is 3.14. The van der Waals surface area contributed by atoms with Gasteiger partial charge in [0.05, 0.1) is 0 Å². The van der Waals surface area contributed by atoms with Crippen molar-refractivity contribution >= 4 is 33.6 Å². The van der Waals surface area contributed by atoms with Crippen LogP contribution < -0.4 is 0 Å². The molecule has 0 N–H and O–H groups in total. The summed E-state index contributed by atoms with van der Waals surface area (Å²) in [7, 11) is 0. The number of aromatic nitrogens is 1. The van der Waals surface area contributed by atoms with Crippen molar-refractivity contribution in [3.05, 3.63) is 22.4 Å². The first kappa shape index (κ1) is 14.0. The summed E-state index contributed by atoms with van der Waals surface area (Å²) in [5.41, 5.74) is 0.784. The minimum Gasteiger partial charge on any atom is -0.343 e. The van der Waals surface area contributed by atoms with Crippen molar-refractivity contribution in [2.24, 2.45) is 0 Å². The number of hydrogen-bond donors (Lipinski definition) is 0. The summed E-state index contributed by atoms with van der Waals surface area (Å²) in [4.78, 5) is 14.5. The molecule has 1 amide bonds. The number of thioether (sulfide) groups is 1. The zero-order valence-electron chi connectivity index (χ0n) is 11.1. The van der Waals surface area contributed by atoms with Crippen molar-refractivity contribution < 1.29 is 4.79 Å². The van der Waals surface area contributed by atoms with Crippen molar-refractivity contribution in [3.8, 4) is 0 Å². The summed E-state index contributed by atoms with van der Waals surface area (Å²) in [6, 6.07) is 1.92. The Hall–Kier alpha value is -0.420. The molecule has 0 atom stereocenters. The molecule has 0 aliphatic carbocycles. The summed E-state index contributed by atoms with van der Waals surface area (Å²) in [5.74, 6) is 1.17. The Balaban J connectivity index is 2.20. The minimum atomic E-state index is 0.149. The molecule has 0 radical (unpaired) electrons. The van der Waals surface area contributed by atoms with Crippen LogP contribution in [0.1, 0.15) is 31.3 Å². The van der Waals surface area contributed by atoms with Gasteiger partial charge in [-0.05, 0) is 42.8 Å². The number of halogens is 1. The Kier molecular flexibility index (Phi) is 4.11. The van der Waals surface area contributed by atoms with Gasteiger partial charge in [-0.25, -0.2) is 0 Å². The molecule has 3 nitrogen and oxygen atoms in total. The van der Waals surface area contributed by atoms with Crippen LogP contribution in [-0.2, 0) is 6.54 Å². The average molecular weight is 331 g/mol. The standard InChI is InChI=1S/C13H19BrN2OS/c1-4-15-8-10(14)7-11(15)12(17)16-5-6-18-13(2,3)9-16/h7-8H,4-6,9H2,1-3H3. The lowest BCUT2D eigenvalue weighted by atomic mass is 10.1. The normalized spacial score (nSPS) is 19.0. The predicted octanol–water partition coefficient (Wildman–Crippen LogP) is 3.24. The molecule has 0 bridgehead atoms. The fraction of sp³-hybridized carbons (Fsp3) is 0.615. The van der Waals surface area contributed by atoms with Gasteiger partial charge in [0.15, 0.2) is 0 Å². The van der Waals surface area contributed by atoms with E-state index in [2.05, 4.69) is 36.7 Å². The number of carbonyl (C=O) groups is 1. The van der Waals surface area contributed by atoms with Crippen LogP contribution in [0.25, 0.3) is 0 Å². The molecule has 0 aromatic carbocycles. The number of rotatable bonds is 2. The molecule has 100 valence electrons.